The summed E-state index contributed by atoms with van der Waals surface area (Å²) in [6.07, 6.45) is 9.83. The van der Waals surface area contributed by atoms with Crippen molar-refractivity contribution in [2.24, 2.45) is 5.92 Å². The van der Waals surface area contributed by atoms with Crippen LogP contribution < -0.4 is 4.57 Å². The van der Waals surface area contributed by atoms with Gasteiger partial charge >= 0.3 is 0 Å². The van der Waals surface area contributed by atoms with Gasteiger partial charge in [0.25, 0.3) is 0 Å². The minimum atomic E-state index is 0.488. The molecule has 1 aromatic heterocycles. The summed E-state index contributed by atoms with van der Waals surface area (Å²) in [5.41, 5.74) is 0. The molecule has 3 heteroatoms. The molecule has 70 valence electrons. The molecule has 0 amide bonds. The third-order valence-corrected chi connectivity index (χ3v) is 2.73. The molecule has 1 saturated heterocycles. The van der Waals surface area contributed by atoms with Crippen molar-refractivity contribution in [3.8, 4) is 0 Å². The Kier molecular flexibility index (Phi) is 1.65. The molecule has 2 aliphatic rings. The second-order valence-electron chi connectivity index (χ2n) is 4.21. The number of hydrogen-bond donors (Lipinski definition) is 0. The average Bonchev–Trinajstić information content (AvgIpc) is 2.96. The Balaban J connectivity index is 1.62. The van der Waals surface area contributed by atoms with Crippen molar-refractivity contribution >= 4 is 0 Å². The maximum absolute atomic E-state index is 5.19. The van der Waals surface area contributed by atoms with E-state index in [2.05, 4.69) is 27.9 Å². The molecule has 1 aliphatic carbocycles. The lowest BCUT2D eigenvalue weighted by molar-refractivity contribution is -0.699. The Morgan fingerprint density at radius 1 is 1.46 bits per heavy atom. The fourth-order valence-electron chi connectivity index (χ4n) is 1.66. The first-order chi connectivity index (χ1) is 6.40. The van der Waals surface area contributed by atoms with Crippen molar-refractivity contribution in [2.75, 3.05) is 6.61 Å². The molecule has 0 N–H and O–H groups in total. The highest BCUT2D eigenvalue weighted by Crippen LogP contribution is 2.28. The molecule has 1 unspecified atom stereocenters. The van der Waals surface area contributed by atoms with Gasteiger partial charge in [-0.15, -0.1) is 0 Å². The fraction of sp³-hybridized carbons (Fsp3) is 0.700. The Labute approximate surface area is 77.9 Å². The van der Waals surface area contributed by atoms with Crippen molar-refractivity contribution in [1.29, 1.82) is 0 Å². The summed E-state index contributed by atoms with van der Waals surface area (Å²) in [4.78, 5) is 0. The van der Waals surface area contributed by atoms with Gasteiger partial charge in [0.1, 0.15) is 25.0 Å². The summed E-state index contributed by atoms with van der Waals surface area (Å²) in [5.74, 6) is 0.957. The van der Waals surface area contributed by atoms with E-state index in [0.29, 0.717) is 6.10 Å². The van der Waals surface area contributed by atoms with Crippen molar-refractivity contribution in [3.63, 3.8) is 0 Å². The zero-order valence-electron chi connectivity index (χ0n) is 7.72. The molecule has 0 spiro atoms. The van der Waals surface area contributed by atoms with E-state index in [9.17, 15) is 0 Å². The summed E-state index contributed by atoms with van der Waals surface area (Å²) >= 11 is 0. The third kappa shape index (κ3) is 1.91. The van der Waals surface area contributed by atoms with Gasteiger partial charge in [-0.25, -0.2) is 9.13 Å². The second kappa shape index (κ2) is 2.84. The van der Waals surface area contributed by atoms with E-state index in [4.69, 9.17) is 4.74 Å². The topological polar surface area (TPSA) is 21.3 Å². The smallest absolute Gasteiger partial charge is 0.243 e. The first-order valence-electron chi connectivity index (χ1n) is 5.06. The van der Waals surface area contributed by atoms with E-state index in [1.54, 1.807) is 0 Å². The van der Waals surface area contributed by atoms with Gasteiger partial charge in [0.15, 0.2) is 0 Å². The van der Waals surface area contributed by atoms with Gasteiger partial charge in [0.2, 0.25) is 6.33 Å². The highest BCUT2D eigenvalue weighted by Gasteiger charge is 2.27. The minimum absolute atomic E-state index is 0.488. The molecule has 0 bridgehead atoms. The number of aromatic nitrogens is 2. The lowest BCUT2D eigenvalue weighted by atomic mass is 10.4. The molecule has 1 aliphatic heterocycles. The number of hydrogen-bond acceptors (Lipinski definition) is 1. The molecule has 1 saturated carbocycles. The van der Waals surface area contributed by atoms with Crippen LogP contribution >= 0.6 is 0 Å². The van der Waals surface area contributed by atoms with Crippen LogP contribution in [0.3, 0.4) is 0 Å². The SMILES string of the molecule is c1c[n+](CC2CC2)cn1CC1CO1. The van der Waals surface area contributed by atoms with Gasteiger partial charge in [-0.05, 0) is 18.8 Å². The van der Waals surface area contributed by atoms with Gasteiger partial charge in [0.05, 0.1) is 13.2 Å². The predicted octanol–water partition coefficient (Wildman–Crippen LogP) is 0.584. The average molecular weight is 179 g/mol. The standard InChI is InChI=1S/C10H15N2O/c1-2-9(1)5-11-3-4-12(8-11)6-10-7-13-10/h3-4,8-10H,1-2,5-7H2/q+1. The molecule has 0 radical (unpaired) electrons. The maximum atomic E-state index is 5.19. The molecule has 2 fully saturated rings. The van der Waals surface area contributed by atoms with Gasteiger partial charge in [-0.2, -0.15) is 0 Å². The monoisotopic (exact) mass is 179 g/mol. The maximum Gasteiger partial charge on any atom is 0.243 e. The summed E-state index contributed by atoms with van der Waals surface area (Å²) in [6.45, 7) is 3.18. The van der Waals surface area contributed by atoms with Crippen molar-refractivity contribution in [1.82, 2.24) is 4.57 Å². The van der Waals surface area contributed by atoms with E-state index in [0.717, 1.165) is 19.1 Å². The zero-order chi connectivity index (χ0) is 8.67. The Bertz CT molecular complexity index is 271. The van der Waals surface area contributed by atoms with Crippen LogP contribution in [0.5, 0.6) is 0 Å². The molecular formula is C10H15N2O+. The second-order valence-corrected chi connectivity index (χ2v) is 4.21. The fourth-order valence-corrected chi connectivity index (χ4v) is 1.66. The minimum Gasteiger partial charge on any atom is -0.369 e. The quantitative estimate of drug-likeness (QED) is 0.489. The number of nitrogens with zero attached hydrogens (tertiary/aromatic N) is 2. The van der Waals surface area contributed by atoms with E-state index < -0.39 is 0 Å². The first kappa shape index (κ1) is 7.56. The normalized spacial score (nSPS) is 26.3. The molecule has 1 atom stereocenters. The molecule has 3 rings (SSSR count). The van der Waals surface area contributed by atoms with Crippen molar-refractivity contribution in [3.05, 3.63) is 18.7 Å². The van der Waals surface area contributed by atoms with Gasteiger partial charge in [-0.3, -0.25) is 0 Å². The van der Waals surface area contributed by atoms with Crippen LogP contribution in [0, 0.1) is 5.92 Å². The van der Waals surface area contributed by atoms with E-state index in [-0.39, 0.29) is 0 Å². The van der Waals surface area contributed by atoms with Crippen LogP contribution in [0.2, 0.25) is 0 Å². The van der Waals surface area contributed by atoms with E-state index in [1.807, 2.05) is 0 Å². The third-order valence-electron chi connectivity index (χ3n) is 2.73. The molecule has 2 heterocycles. The number of rotatable bonds is 4. The van der Waals surface area contributed by atoms with Gasteiger partial charge in [-0.1, -0.05) is 0 Å². The summed E-state index contributed by atoms with van der Waals surface area (Å²) in [5, 5.41) is 0. The Hall–Kier alpha value is -0.830. The largest absolute Gasteiger partial charge is 0.369 e. The lowest BCUT2D eigenvalue weighted by Crippen LogP contribution is -2.32. The Morgan fingerprint density at radius 3 is 3.00 bits per heavy atom. The highest BCUT2D eigenvalue weighted by molar-refractivity contribution is 4.75. The van der Waals surface area contributed by atoms with Crippen molar-refractivity contribution < 1.29 is 9.30 Å². The van der Waals surface area contributed by atoms with Crippen LogP contribution in [0.15, 0.2) is 18.7 Å². The van der Waals surface area contributed by atoms with E-state index in [1.165, 1.54) is 19.4 Å². The summed E-state index contributed by atoms with van der Waals surface area (Å²) in [7, 11) is 0. The zero-order valence-corrected chi connectivity index (χ0v) is 7.72. The van der Waals surface area contributed by atoms with Crippen LogP contribution in [0.4, 0.5) is 0 Å². The summed E-state index contributed by atoms with van der Waals surface area (Å²) < 4.78 is 9.70. The van der Waals surface area contributed by atoms with E-state index >= 15 is 0 Å². The summed E-state index contributed by atoms with van der Waals surface area (Å²) in [6, 6.07) is 0. The van der Waals surface area contributed by atoms with Gasteiger partial charge < -0.3 is 4.74 Å². The molecular weight excluding hydrogens is 164 g/mol. The number of ether oxygens (including phenoxy) is 1. The number of epoxide rings is 1. The highest BCUT2D eigenvalue weighted by atomic mass is 16.6. The van der Waals surface area contributed by atoms with Crippen LogP contribution in [-0.2, 0) is 17.8 Å². The lowest BCUT2D eigenvalue weighted by Gasteiger charge is -1.91. The predicted molar refractivity (Wildman–Crippen MR) is 47.1 cm³/mol. The van der Waals surface area contributed by atoms with Crippen LogP contribution in [0.1, 0.15) is 12.8 Å². The molecule has 13 heavy (non-hydrogen) atoms. The van der Waals surface area contributed by atoms with Crippen LogP contribution in [0.25, 0.3) is 0 Å². The van der Waals surface area contributed by atoms with Crippen LogP contribution in [-0.4, -0.2) is 17.3 Å². The number of imidazole rings is 1. The molecule has 1 aromatic rings. The Morgan fingerprint density at radius 2 is 2.31 bits per heavy atom. The first-order valence-corrected chi connectivity index (χ1v) is 5.06. The molecule has 0 aromatic carbocycles. The molecule has 3 nitrogen and oxygen atoms in total. The van der Waals surface area contributed by atoms with Gasteiger partial charge in [0, 0.05) is 0 Å². The van der Waals surface area contributed by atoms with Crippen molar-refractivity contribution in [2.45, 2.75) is 32.0 Å².